The largest absolute Gasteiger partial charge is 0.381 e. The van der Waals surface area contributed by atoms with Gasteiger partial charge in [0.2, 0.25) is 0 Å². The average molecular weight is 247 g/mol. The third-order valence-corrected chi connectivity index (χ3v) is 3.45. The van der Waals surface area contributed by atoms with Crippen molar-refractivity contribution in [2.75, 3.05) is 19.8 Å². The first-order valence-electron chi connectivity index (χ1n) is 7.10. The highest BCUT2D eigenvalue weighted by Crippen LogP contribution is 2.12. The summed E-state index contributed by atoms with van der Waals surface area (Å²) in [5.74, 6) is 1.45. The van der Waals surface area contributed by atoms with Gasteiger partial charge in [0.25, 0.3) is 0 Å². The van der Waals surface area contributed by atoms with Crippen molar-refractivity contribution in [1.82, 2.24) is 5.32 Å². The molecule has 1 saturated heterocycles. The molecule has 1 unspecified atom stereocenters. The van der Waals surface area contributed by atoms with Crippen molar-refractivity contribution < 1.29 is 4.74 Å². The second kappa shape index (κ2) is 6.91. The van der Waals surface area contributed by atoms with E-state index in [9.17, 15) is 0 Å². The first kappa shape index (κ1) is 13.6. The first-order chi connectivity index (χ1) is 8.74. The minimum absolute atomic E-state index is 0.713. The van der Waals surface area contributed by atoms with Gasteiger partial charge < -0.3 is 10.1 Å². The minimum atomic E-state index is 0.713. The van der Waals surface area contributed by atoms with Crippen LogP contribution in [0.1, 0.15) is 31.4 Å². The lowest BCUT2D eigenvalue weighted by molar-refractivity contribution is 0.185. The van der Waals surface area contributed by atoms with Gasteiger partial charge in [0, 0.05) is 19.7 Å². The molecule has 100 valence electrons. The van der Waals surface area contributed by atoms with Gasteiger partial charge in [-0.2, -0.15) is 0 Å². The summed E-state index contributed by atoms with van der Waals surface area (Å²) in [5.41, 5.74) is 2.82. The smallest absolute Gasteiger partial charge is 0.0507 e. The zero-order chi connectivity index (χ0) is 12.8. The fraction of sp³-hybridized carbons (Fsp3) is 0.625. The predicted molar refractivity (Wildman–Crippen MR) is 75.6 cm³/mol. The summed E-state index contributed by atoms with van der Waals surface area (Å²) >= 11 is 0. The van der Waals surface area contributed by atoms with E-state index in [-0.39, 0.29) is 0 Å². The van der Waals surface area contributed by atoms with Crippen LogP contribution in [0.25, 0.3) is 0 Å². The van der Waals surface area contributed by atoms with Gasteiger partial charge in [0.1, 0.15) is 0 Å². The van der Waals surface area contributed by atoms with Crippen molar-refractivity contribution in [2.45, 2.75) is 33.2 Å². The lowest BCUT2D eigenvalue weighted by Gasteiger charge is -2.10. The van der Waals surface area contributed by atoms with Gasteiger partial charge in [-0.3, -0.25) is 0 Å². The molecule has 1 aliphatic rings. The standard InChI is InChI=1S/C16H25NO/c1-13(2)9-14-3-5-15(6-4-14)10-17-11-16-7-8-18-12-16/h3-6,13,16-17H,7-12H2,1-2H3. The number of rotatable bonds is 6. The average Bonchev–Trinajstić information content (AvgIpc) is 2.84. The van der Waals surface area contributed by atoms with E-state index < -0.39 is 0 Å². The Morgan fingerprint density at radius 2 is 1.94 bits per heavy atom. The van der Waals surface area contributed by atoms with Crippen LogP contribution < -0.4 is 5.32 Å². The fourth-order valence-electron chi connectivity index (χ4n) is 2.43. The molecule has 1 aromatic rings. The normalized spacial score (nSPS) is 19.6. The van der Waals surface area contributed by atoms with Crippen molar-refractivity contribution in [3.8, 4) is 0 Å². The molecule has 2 nitrogen and oxygen atoms in total. The summed E-state index contributed by atoms with van der Waals surface area (Å²) in [7, 11) is 0. The molecule has 2 heteroatoms. The lowest BCUT2D eigenvalue weighted by Crippen LogP contribution is -2.22. The Balaban J connectivity index is 1.72. The Hall–Kier alpha value is -0.860. The molecule has 1 heterocycles. The molecular weight excluding hydrogens is 222 g/mol. The molecule has 1 N–H and O–H groups in total. The van der Waals surface area contributed by atoms with E-state index in [0.717, 1.165) is 32.2 Å². The second-order valence-corrected chi connectivity index (χ2v) is 5.77. The van der Waals surface area contributed by atoms with E-state index in [2.05, 4.69) is 43.4 Å². The molecule has 1 aromatic carbocycles. The third-order valence-electron chi connectivity index (χ3n) is 3.45. The van der Waals surface area contributed by atoms with Crippen LogP contribution in [0.15, 0.2) is 24.3 Å². The first-order valence-corrected chi connectivity index (χ1v) is 7.10. The number of hydrogen-bond acceptors (Lipinski definition) is 2. The van der Waals surface area contributed by atoms with Gasteiger partial charge in [0.05, 0.1) is 6.61 Å². The number of hydrogen-bond donors (Lipinski definition) is 1. The van der Waals surface area contributed by atoms with Gasteiger partial charge in [-0.05, 0) is 35.8 Å². The van der Waals surface area contributed by atoms with E-state index >= 15 is 0 Å². The Morgan fingerprint density at radius 3 is 2.56 bits per heavy atom. The van der Waals surface area contributed by atoms with Gasteiger partial charge in [0.15, 0.2) is 0 Å². The Bertz CT molecular complexity index is 339. The molecule has 0 amide bonds. The van der Waals surface area contributed by atoms with Gasteiger partial charge in [-0.15, -0.1) is 0 Å². The molecule has 0 aromatic heterocycles. The third kappa shape index (κ3) is 4.43. The summed E-state index contributed by atoms with van der Waals surface area (Å²) in [6.07, 6.45) is 2.38. The molecule has 0 aliphatic carbocycles. The van der Waals surface area contributed by atoms with Crippen LogP contribution in [-0.4, -0.2) is 19.8 Å². The minimum Gasteiger partial charge on any atom is -0.381 e. The molecule has 0 radical (unpaired) electrons. The second-order valence-electron chi connectivity index (χ2n) is 5.77. The van der Waals surface area contributed by atoms with Crippen LogP contribution in [0.3, 0.4) is 0 Å². The Morgan fingerprint density at radius 1 is 1.22 bits per heavy atom. The molecule has 18 heavy (non-hydrogen) atoms. The fourth-order valence-corrected chi connectivity index (χ4v) is 2.43. The molecule has 0 spiro atoms. The zero-order valence-corrected chi connectivity index (χ0v) is 11.6. The van der Waals surface area contributed by atoms with Crippen LogP contribution >= 0.6 is 0 Å². The number of benzene rings is 1. The van der Waals surface area contributed by atoms with Crippen LogP contribution in [0.5, 0.6) is 0 Å². The molecule has 1 aliphatic heterocycles. The maximum atomic E-state index is 5.37. The van der Waals surface area contributed by atoms with Crippen LogP contribution in [-0.2, 0) is 17.7 Å². The highest BCUT2D eigenvalue weighted by Gasteiger charge is 2.14. The quantitative estimate of drug-likeness (QED) is 0.834. The molecular formula is C16H25NO. The number of ether oxygens (including phenoxy) is 1. The topological polar surface area (TPSA) is 21.3 Å². The SMILES string of the molecule is CC(C)Cc1ccc(CNCC2CCOC2)cc1. The number of nitrogens with one attached hydrogen (secondary N) is 1. The van der Waals surface area contributed by atoms with Crippen molar-refractivity contribution in [2.24, 2.45) is 11.8 Å². The summed E-state index contributed by atoms with van der Waals surface area (Å²) in [6, 6.07) is 9.01. The van der Waals surface area contributed by atoms with E-state index in [1.54, 1.807) is 0 Å². The van der Waals surface area contributed by atoms with Crippen molar-refractivity contribution in [1.29, 1.82) is 0 Å². The van der Waals surface area contributed by atoms with Crippen molar-refractivity contribution >= 4 is 0 Å². The van der Waals surface area contributed by atoms with Crippen molar-refractivity contribution in [3.05, 3.63) is 35.4 Å². The summed E-state index contributed by atoms with van der Waals surface area (Å²) in [6.45, 7) is 8.45. The van der Waals surface area contributed by atoms with Crippen molar-refractivity contribution in [3.63, 3.8) is 0 Å². The Kier molecular flexibility index (Phi) is 5.21. The highest BCUT2D eigenvalue weighted by molar-refractivity contribution is 5.22. The van der Waals surface area contributed by atoms with E-state index in [4.69, 9.17) is 4.74 Å². The van der Waals surface area contributed by atoms with E-state index in [1.807, 2.05) is 0 Å². The highest BCUT2D eigenvalue weighted by atomic mass is 16.5. The molecule has 1 fully saturated rings. The summed E-state index contributed by atoms with van der Waals surface area (Å²) < 4.78 is 5.37. The zero-order valence-electron chi connectivity index (χ0n) is 11.6. The van der Waals surface area contributed by atoms with Crippen LogP contribution in [0.2, 0.25) is 0 Å². The van der Waals surface area contributed by atoms with Gasteiger partial charge >= 0.3 is 0 Å². The van der Waals surface area contributed by atoms with E-state index in [0.29, 0.717) is 5.92 Å². The summed E-state index contributed by atoms with van der Waals surface area (Å²) in [5, 5.41) is 3.52. The molecule has 1 atom stereocenters. The Labute approximate surface area is 111 Å². The monoisotopic (exact) mass is 247 g/mol. The maximum Gasteiger partial charge on any atom is 0.0507 e. The van der Waals surface area contributed by atoms with Gasteiger partial charge in [-0.1, -0.05) is 38.1 Å². The van der Waals surface area contributed by atoms with E-state index in [1.165, 1.54) is 24.0 Å². The molecule has 0 bridgehead atoms. The predicted octanol–water partition coefficient (Wildman–Crippen LogP) is 3.01. The molecule has 2 rings (SSSR count). The summed E-state index contributed by atoms with van der Waals surface area (Å²) in [4.78, 5) is 0. The van der Waals surface area contributed by atoms with Crippen LogP contribution in [0, 0.1) is 11.8 Å². The molecule has 0 saturated carbocycles. The van der Waals surface area contributed by atoms with Crippen LogP contribution in [0.4, 0.5) is 0 Å². The van der Waals surface area contributed by atoms with Gasteiger partial charge in [-0.25, -0.2) is 0 Å². The maximum absolute atomic E-state index is 5.37. The lowest BCUT2D eigenvalue weighted by atomic mass is 10.0.